The molecule has 0 saturated carbocycles. The third-order valence-corrected chi connectivity index (χ3v) is 13.7. The molecule has 1 aromatic heterocycles. The maximum atomic E-state index is 2.57. The number of rotatable bonds is 6. The van der Waals surface area contributed by atoms with Gasteiger partial charge >= 0.3 is 0 Å². The number of benzene rings is 10. The quantitative estimate of drug-likeness (QED) is 0.162. The highest BCUT2D eigenvalue weighted by Gasteiger charge is 2.32. The van der Waals surface area contributed by atoms with Crippen molar-refractivity contribution in [1.82, 2.24) is 4.57 Å². The first-order valence-electron chi connectivity index (χ1n) is 22.4. The van der Waals surface area contributed by atoms with Gasteiger partial charge in [-0.25, -0.2) is 0 Å². The molecule has 300 valence electrons. The van der Waals surface area contributed by atoms with Crippen molar-refractivity contribution in [1.29, 1.82) is 0 Å². The van der Waals surface area contributed by atoms with E-state index in [9.17, 15) is 0 Å². The lowest BCUT2D eigenvalue weighted by Crippen LogP contribution is -2.15. The molecule has 64 heavy (non-hydrogen) atoms. The second-order valence-electron chi connectivity index (χ2n) is 17.2. The Kier molecular flexibility index (Phi) is 8.39. The van der Waals surface area contributed by atoms with Gasteiger partial charge in [-0.1, -0.05) is 182 Å². The molecule has 2 heterocycles. The second kappa shape index (κ2) is 14.7. The van der Waals surface area contributed by atoms with Crippen LogP contribution in [0, 0.1) is 0 Å². The first kappa shape index (κ1) is 36.5. The Bertz CT molecular complexity index is 3620. The van der Waals surface area contributed by atoms with Crippen molar-refractivity contribution < 1.29 is 0 Å². The molecular formula is C62H42N2. The smallest absolute Gasteiger partial charge is 0.0620 e. The number of fused-ring (bicyclic) bond motifs is 9. The Morgan fingerprint density at radius 2 is 0.984 bits per heavy atom. The predicted molar refractivity (Wildman–Crippen MR) is 268 cm³/mol. The van der Waals surface area contributed by atoms with Gasteiger partial charge in [0.05, 0.1) is 16.7 Å². The third kappa shape index (κ3) is 5.73. The topological polar surface area (TPSA) is 8.17 Å². The molecule has 0 spiro atoms. The van der Waals surface area contributed by atoms with Crippen molar-refractivity contribution >= 4 is 60.8 Å². The lowest BCUT2D eigenvalue weighted by Gasteiger charge is -2.31. The third-order valence-electron chi connectivity index (χ3n) is 13.7. The summed E-state index contributed by atoms with van der Waals surface area (Å²) in [5.41, 5.74) is 21.2. The molecule has 2 heteroatoms. The summed E-state index contributed by atoms with van der Waals surface area (Å²) in [4.78, 5) is 2.37. The molecule has 1 aliphatic carbocycles. The Hall–Kier alpha value is -8.20. The average molecular weight is 815 g/mol. The molecule has 0 N–H and O–H groups in total. The molecule has 2 nitrogen and oxygen atoms in total. The standard InChI is InChI=1S/C62H42N2/c1-4-18-43(19-5-1)60-54-29-16-28-53-52-27-14-15-30-58(52)64(62(53)54)59-39-46-38-55(50-25-12-13-26-51(50)56(46)40-57(59)61(60)44-20-6-2-7-21-44)42-32-34-48(35-33-42)63(47-23-8-3-9-24-47)49-36-31-41-17-10-11-22-45(41)37-49/h1-37,39-40,55H,38H2. The van der Waals surface area contributed by atoms with E-state index in [2.05, 4.69) is 246 Å². The van der Waals surface area contributed by atoms with Gasteiger partial charge in [0.25, 0.3) is 0 Å². The summed E-state index contributed by atoms with van der Waals surface area (Å²) < 4.78 is 2.57. The summed E-state index contributed by atoms with van der Waals surface area (Å²) in [6, 6.07) is 87.5. The van der Waals surface area contributed by atoms with Crippen LogP contribution in [0.2, 0.25) is 0 Å². The number of hydrogen-bond donors (Lipinski definition) is 0. The molecule has 10 aromatic carbocycles. The Morgan fingerprint density at radius 3 is 1.77 bits per heavy atom. The predicted octanol–water partition coefficient (Wildman–Crippen LogP) is 16.1. The van der Waals surface area contributed by atoms with Crippen LogP contribution in [-0.2, 0) is 6.42 Å². The molecule has 2 aliphatic rings. The van der Waals surface area contributed by atoms with Crippen LogP contribution in [0.25, 0.3) is 60.5 Å². The Morgan fingerprint density at radius 1 is 0.391 bits per heavy atom. The van der Waals surface area contributed by atoms with Crippen molar-refractivity contribution in [3.63, 3.8) is 0 Å². The normalized spacial score (nSPS) is 14.0. The van der Waals surface area contributed by atoms with E-state index in [4.69, 9.17) is 0 Å². The molecule has 1 unspecified atom stereocenters. The van der Waals surface area contributed by atoms with Gasteiger partial charge in [0.2, 0.25) is 0 Å². The van der Waals surface area contributed by atoms with Gasteiger partial charge in [0, 0.05) is 44.9 Å². The van der Waals surface area contributed by atoms with E-state index in [0.29, 0.717) is 0 Å². The van der Waals surface area contributed by atoms with Gasteiger partial charge < -0.3 is 9.47 Å². The van der Waals surface area contributed by atoms with E-state index in [1.165, 1.54) is 99.5 Å². The minimum Gasteiger partial charge on any atom is -0.310 e. The molecule has 0 bridgehead atoms. The second-order valence-corrected chi connectivity index (χ2v) is 17.2. The molecule has 0 amide bonds. The van der Waals surface area contributed by atoms with Gasteiger partial charge in [-0.15, -0.1) is 0 Å². The Balaban J connectivity index is 1.01. The van der Waals surface area contributed by atoms with E-state index >= 15 is 0 Å². The van der Waals surface area contributed by atoms with Crippen LogP contribution in [0.5, 0.6) is 0 Å². The van der Waals surface area contributed by atoms with Gasteiger partial charge in [0.1, 0.15) is 0 Å². The lowest BCUT2D eigenvalue weighted by atomic mass is 9.74. The summed E-state index contributed by atoms with van der Waals surface area (Å²) in [5, 5.41) is 5.02. The van der Waals surface area contributed by atoms with Gasteiger partial charge in [0.15, 0.2) is 0 Å². The zero-order valence-corrected chi connectivity index (χ0v) is 35.2. The number of para-hydroxylation sites is 3. The molecule has 1 atom stereocenters. The van der Waals surface area contributed by atoms with Crippen LogP contribution in [0.15, 0.2) is 237 Å². The SMILES string of the molecule is c1ccc(C2=C(c3ccccc3)c3cccc4c5ccccc5n(c34)-c3cc4c(cc32)-c2ccccc2C(c2ccc(N(c3ccccc3)c3ccc5ccccc5c3)cc2)C4)cc1. The van der Waals surface area contributed by atoms with E-state index < -0.39 is 0 Å². The van der Waals surface area contributed by atoms with Gasteiger partial charge in [-0.3, -0.25) is 0 Å². The van der Waals surface area contributed by atoms with Crippen LogP contribution in [0.4, 0.5) is 17.1 Å². The molecule has 0 saturated heterocycles. The van der Waals surface area contributed by atoms with Crippen molar-refractivity contribution in [2.45, 2.75) is 12.3 Å². The maximum Gasteiger partial charge on any atom is 0.0620 e. The van der Waals surface area contributed by atoms with E-state index in [0.717, 1.165) is 23.5 Å². The minimum absolute atomic E-state index is 0.185. The van der Waals surface area contributed by atoms with Crippen LogP contribution in [-0.4, -0.2) is 4.57 Å². The molecule has 1 aliphatic heterocycles. The highest BCUT2D eigenvalue weighted by Crippen LogP contribution is 2.51. The van der Waals surface area contributed by atoms with Crippen molar-refractivity contribution in [3.05, 3.63) is 276 Å². The summed E-state index contributed by atoms with van der Waals surface area (Å²) in [6.07, 6.45) is 0.895. The molecule has 11 aromatic rings. The Labute approximate surface area is 373 Å². The van der Waals surface area contributed by atoms with E-state index in [1.54, 1.807) is 0 Å². The fraction of sp³-hybridized carbons (Fsp3) is 0.0323. The van der Waals surface area contributed by atoms with Crippen molar-refractivity contribution in [2.24, 2.45) is 0 Å². The number of anilines is 3. The lowest BCUT2D eigenvalue weighted by molar-refractivity contribution is 0.792. The highest BCUT2D eigenvalue weighted by molar-refractivity contribution is 6.19. The van der Waals surface area contributed by atoms with E-state index in [-0.39, 0.29) is 5.92 Å². The summed E-state index contributed by atoms with van der Waals surface area (Å²) in [7, 11) is 0. The highest BCUT2D eigenvalue weighted by atomic mass is 15.1. The van der Waals surface area contributed by atoms with Crippen molar-refractivity contribution in [2.75, 3.05) is 4.90 Å². The van der Waals surface area contributed by atoms with Crippen LogP contribution in [0.1, 0.15) is 44.9 Å². The van der Waals surface area contributed by atoms with E-state index in [1.807, 2.05) is 0 Å². The molecular weight excluding hydrogens is 773 g/mol. The van der Waals surface area contributed by atoms with Crippen LogP contribution in [0.3, 0.4) is 0 Å². The number of aromatic nitrogens is 1. The summed E-state index contributed by atoms with van der Waals surface area (Å²) >= 11 is 0. The minimum atomic E-state index is 0.185. The number of hydrogen-bond acceptors (Lipinski definition) is 1. The maximum absolute atomic E-state index is 2.57. The first-order valence-corrected chi connectivity index (χ1v) is 22.4. The molecule has 13 rings (SSSR count). The first-order chi connectivity index (χ1) is 31.8. The van der Waals surface area contributed by atoms with Gasteiger partial charge in [-0.2, -0.15) is 0 Å². The van der Waals surface area contributed by atoms with Crippen molar-refractivity contribution in [3.8, 4) is 16.8 Å². The fourth-order valence-corrected chi connectivity index (χ4v) is 10.9. The molecule has 0 fully saturated rings. The van der Waals surface area contributed by atoms with Crippen LogP contribution >= 0.6 is 0 Å². The number of nitrogens with zero attached hydrogens (tertiary/aromatic N) is 2. The zero-order valence-electron chi connectivity index (χ0n) is 35.2. The zero-order chi connectivity index (χ0) is 42.1. The largest absolute Gasteiger partial charge is 0.310 e. The monoisotopic (exact) mass is 814 g/mol. The molecule has 0 radical (unpaired) electrons. The van der Waals surface area contributed by atoms with Crippen LogP contribution < -0.4 is 4.90 Å². The van der Waals surface area contributed by atoms with Gasteiger partial charge in [-0.05, 0) is 122 Å². The fourth-order valence-electron chi connectivity index (χ4n) is 10.9. The average Bonchev–Trinajstić information content (AvgIpc) is 3.64. The summed E-state index contributed by atoms with van der Waals surface area (Å²) in [6.45, 7) is 0. The summed E-state index contributed by atoms with van der Waals surface area (Å²) in [5.74, 6) is 0.185.